The van der Waals surface area contributed by atoms with E-state index in [4.69, 9.17) is 0 Å². The molecule has 0 aliphatic carbocycles. The molecule has 1 atom stereocenters. The van der Waals surface area contributed by atoms with Crippen molar-refractivity contribution in [2.45, 2.75) is 18.8 Å². The summed E-state index contributed by atoms with van der Waals surface area (Å²) in [5, 5.41) is 9.31. The standard InChI is InChI=1S/C13H17F2NO2/c1-13(12(17)18,6-7-16(2)3)10-8-9(14)4-5-11(10)15/h4-5,8H,6-7H2,1-3H3,(H,17,18). The summed E-state index contributed by atoms with van der Waals surface area (Å²) >= 11 is 0. The molecule has 0 saturated carbocycles. The quantitative estimate of drug-likeness (QED) is 0.879. The molecule has 0 bridgehead atoms. The molecule has 0 saturated heterocycles. The van der Waals surface area contributed by atoms with Gasteiger partial charge in [-0.2, -0.15) is 0 Å². The van der Waals surface area contributed by atoms with Gasteiger partial charge in [-0.1, -0.05) is 0 Å². The molecule has 100 valence electrons. The minimum atomic E-state index is -1.43. The highest BCUT2D eigenvalue weighted by atomic mass is 19.1. The van der Waals surface area contributed by atoms with Crippen molar-refractivity contribution in [1.29, 1.82) is 0 Å². The van der Waals surface area contributed by atoms with Crippen LogP contribution in [-0.2, 0) is 10.2 Å². The summed E-state index contributed by atoms with van der Waals surface area (Å²) in [6.07, 6.45) is 0.204. The maximum atomic E-state index is 13.7. The molecule has 18 heavy (non-hydrogen) atoms. The van der Waals surface area contributed by atoms with Crippen molar-refractivity contribution >= 4 is 5.97 Å². The summed E-state index contributed by atoms with van der Waals surface area (Å²) in [6.45, 7) is 1.88. The van der Waals surface area contributed by atoms with Crippen LogP contribution in [0.5, 0.6) is 0 Å². The Morgan fingerprint density at radius 1 is 1.39 bits per heavy atom. The van der Waals surface area contributed by atoms with E-state index in [1.807, 2.05) is 0 Å². The number of hydrogen-bond donors (Lipinski definition) is 1. The number of carboxylic acid groups (broad SMARTS) is 1. The Balaban J connectivity index is 3.18. The lowest BCUT2D eigenvalue weighted by molar-refractivity contribution is -0.143. The van der Waals surface area contributed by atoms with Gasteiger partial charge in [0.05, 0.1) is 5.41 Å². The lowest BCUT2D eigenvalue weighted by atomic mass is 9.79. The number of carboxylic acids is 1. The Morgan fingerprint density at radius 2 is 2.00 bits per heavy atom. The summed E-state index contributed by atoms with van der Waals surface area (Å²) in [5.41, 5.74) is -1.55. The average molecular weight is 257 g/mol. The third kappa shape index (κ3) is 3.04. The van der Waals surface area contributed by atoms with Crippen LogP contribution in [0.15, 0.2) is 18.2 Å². The van der Waals surface area contributed by atoms with Crippen molar-refractivity contribution in [3.63, 3.8) is 0 Å². The first kappa shape index (κ1) is 14.6. The maximum absolute atomic E-state index is 13.7. The number of benzene rings is 1. The molecule has 1 aromatic rings. The van der Waals surface area contributed by atoms with Crippen LogP contribution in [0.2, 0.25) is 0 Å². The second kappa shape index (κ2) is 5.44. The number of aliphatic carboxylic acids is 1. The van der Waals surface area contributed by atoms with Gasteiger partial charge in [-0.05, 0) is 52.2 Å². The topological polar surface area (TPSA) is 40.5 Å². The smallest absolute Gasteiger partial charge is 0.313 e. The van der Waals surface area contributed by atoms with Crippen molar-refractivity contribution in [1.82, 2.24) is 4.90 Å². The number of halogens is 2. The van der Waals surface area contributed by atoms with E-state index < -0.39 is 23.0 Å². The van der Waals surface area contributed by atoms with Gasteiger partial charge in [0.1, 0.15) is 11.6 Å². The van der Waals surface area contributed by atoms with Crippen LogP contribution in [0, 0.1) is 11.6 Å². The number of rotatable bonds is 5. The average Bonchev–Trinajstić information content (AvgIpc) is 2.29. The van der Waals surface area contributed by atoms with Gasteiger partial charge in [0.2, 0.25) is 0 Å². The summed E-state index contributed by atoms with van der Waals surface area (Å²) in [4.78, 5) is 13.2. The fourth-order valence-corrected chi connectivity index (χ4v) is 1.72. The van der Waals surface area contributed by atoms with Crippen LogP contribution >= 0.6 is 0 Å². The fourth-order valence-electron chi connectivity index (χ4n) is 1.72. The Kier molecular flexibility index (Phi) is 4.40. The molecule has 1 aromatic carbocycles. The van der Waals surface area contributed by atoms with Gasteiger partial charge >= 0.3 is 5.97 Å². The van der Waals surface area contributed by atoms with Crippen LogP contribution in [-0.4, -0.2) is 36.6 Å². The SMILES string of the molecule is CN(C)CCC(C)(C(=O)O)c1cc(F)ccc1F. The van der Waals surface area contributed by atoms with E-state index in [9.17, 15) is 18.7 Å². The van der Waals surface area contributed by atoms with E-state index in [0.29, 0.717) is 6.54 Å². The molecule has 1 unspecified atom stereocenters. The van der Waals surface area contributed by atoms with Crippen LogP contribution in [0.3, 0.4) is 0 Å². The number of nitrogens with zero attached hydrogens (tertiary/aromatic N) is 1. The van der Waals surface area contributed by atoms with E-state index in [0.717, 1.165) is 18.2 Å². The zero-order chi connectivity index (χ0) is 13.9. The highest BCUT2D eigenvalue weighted by Gasteiger charge is 2.37. The molecule has 0 radical (unpaired) electrons. The van der Waals surface area contributed by atoms with Crippen LogP contribution in [0.25, 0.3) is 0 Å². The van der Waals surface area contributed by atoms with Crippen LogP contribution in [0.4, 0.5) is 8.78 Å². The second-order valence-corrected chi connectivity index (χ2v) is 4.81. The van der Waals surface area contributed by atoms with Crippen LogP contribution in [0.1, 0.15) is 18.9 Å². The first-order chi connectivity index (χ1) is 8.27. The van der Waals surface area contributed by atoms with Crippen molar-refractivity contribution in [3.05, 3.63) is 35.4 Å². The lowest BCUT2D eigenvalue weighted by Crippen LogP contribution is -2.36. The van der Waals surface area contributed by atoms with Gasteiger partial charge in [-0.15, -0.1) is 0 Å². The highest BCUT2D eigenvalue weighted by Crippen LogP contribution is 2.31. The molecular weight excluding hydrogens is 240 g/mol. The second-order valence-electron chi connectivity index (χ2n) is 4.81. The Morgan fingerprint density at radius 3 is 2.50 bits per heavy atom. The molecule has 5 heteroatoms. The Bertz CT molecular complexity index is 449. The van der Waals surface area contributed by atoms with E-state index in [2.05, 4.69) is 0 Å². The third-order valence-electron chi connectivity index (χ3n) is 3.05. The minimum Gasteiger partial charge on any atom is -0.481 e. The van der Waals surface area contributed by atoms with Crippen molar-refractivity contribution in [2.24, 2.45) is 0 Å². The highest BCUT2D eigenvalue weighted by molar-refractivity contribution is 5.80. The Hall–Kier alpha value is -1.49. The molecule has 0 aliphatic heterocycles. The van der Waals surface area contributed by atoms with Gasteiger partial charge in [0.25, 0.3) is 0 Å². The van der Waals surface area contributed by atoms with Crippen molar-refractivity contribution in [2.75, 3.05) is 20.6 Å². The van der Waals surface area contributed by atoms with E-state index in [-0.39, 0.29) is 12.0 Å². The summed E-state index contributed by atoms with van der Waals surface area (Å²) in [5.74, 6) is -2.49. The Labute approximate surface area is 105 Å². The molecule has 0 heterocycles. The number of hydrogen-bond acceptors (Lipinski definition) is 2. The van der Waals surface area contributed by atoms with Gasteiger partial charge < -0.3 is 10.0 Å². The van der Waals surface area contributed by atoms with Crippen molar-refractivity contribution in [3.8, 4) is 0 Å². The largest absolute Gasteiger partial charge is 0.481 e. The normalized spacial score (nSPS) is 14.6. The first-order valence-electron chi connectivity index (χ1n) is 5.61. The fraction of sp³-hybridized carbons (Fsp3) is 0.462. The van der Waals surface area contributed by atoms with E-state index in [1.54, 1.807) is 19.0 Å². The molecule has 0 aromatic heterocycles. The van der Waals surface area contributed by atoms with E-state index in [1.165, 1.54) is 6.92 Å². The molecule has 1 rings (SSSR count). The van der Waals surface area contributed by atoms with Gasteiger partial charge in [0, 0.05) is 5.56 Å². The third-order valence-corrected chi connectivity index (χ3v) is 3.05. The maximum Gasteiger partial charge on any atom is 0.313 e. The first-order valence-corrected chi connectivity index (χ1v) is 5.61. The molecular formula is C13H17F2NO2. The summed E-state index contributed by atoms with van der Waals surface area (Å²) < 4.78 is 26.9. The van der Waals surface area contributed by atoms with Crippen molar-refractivity contribution < 1.29 is 18.7 Å². The molecule has 1 N–H and O–H groups in total. The predicted octanol–water partition coefficient (Wildman–Crippen LogP) is 2.26. The van der Waals surface area contributed by atoms with Gasteiger partial charge in [-0.3, -0.25) is 4.79 Å². The summed E-state index contributed by atoms with van der Waals surface area (Å²) in [7, 11) is 3.59. The molecule has 0 fully saturated rings. The molecule has 0 spiro atoms. The molecule has 3 nitrogen and oxygen atoms in total. The minimum absolute atomic E-state index is 0.114. The van der Waals surface area contributed by atoms with E-state index >= 15 is 0 Å². The lowest BCUT2D eigenvalue weighted by Gasteiger charge is -2.27. The zero-order valence-corrected chi connectivity index (χ0v) is 10.7. The summed E-state index contributed by atoms with van der Waals surface area (Å²) in [6, 6.07) is 2.90. The van der Waals surface area contributed by atoms with Gasteiger partial charge in [-0.25, -0.2) is 8.78 Å². The zero-order valence-electron chi connectivity index (χ0n) is 10.7. The van der Waals surface area contributed by atoms with Crippen LogP contribution < -0.4 is 0 Å². The molecule has 0 amide bonds. The number of carbonyl (C=O) groups is 1. The van der Waals surface area contributed by atoms with Gasteiger partial charge in [0.15, 0.2) is 0 Å². The predicted molar refractivity (Wildman–Crippen MR) is 64.5 cm³/mol. The monoisotopic (exact) mass is 257 g/mol. The molecule has 0 aliphatic rings.